The number of allylic oxidation sites excluding steroid dienone is 1. The summed E-state index contributed by atoms with van der Waals surface area (Å²) in [6, 6.07) is 6.00. The maximum Gasteiger partial charge on any atom is 0.339 e. The molecule has 0 unspecified atom stereocenters. The highest BCUT2D eigenvalue weighted by Gasteiger charge is 2.05. The Morgan fingerprint density at radius 3 is 2.94 bits per heavy atom. The topological polar surface area (TPSA) is 67.5 Å². The van der Waals surface area contributed by atoms with Gasteiger partial charge in [-0.3, -0.25) is 4.79 Å². The van der Waals surface area contributed by atoms with Crippen LogP contribution in [0, 0.1) is 0 Å². The van der Waals surface area contributed by atoms with E-state index in [0.29, 0.717) is 0 Å². The Kier molecular flexibility index (Phi) is 3.74. The van der Waals surface area contributed by atoms with Gasteiger partial charge in [-0.2, -0.15) is 0 Å². The Bertz CT molecular complexity index is 623. The second-order valence-corrected chi connectivity index (χ2v) is 4.57. The van der Waals surface area contributed by atoms with Crippen molar-refractivity contribution in [2.24, 2.45) is 0 Å². The molecule has 0 aliphatic rings. The first kappa shape index (κ1) is 12.3. The summed E-state index contributed by atoms with van der Waals surface area (Å²) >= 11 is 1.52. The van der Waals surface area contributed by atoms with Crippen molar-refractivity contribution < 1.29 is 14.3 Å². The number of hydrogen-bond acceptors (Lipinski definition) is 5. The van der Waals surface area contributed by atoms with E-state index >= 15 is 0 Å². The van der Waals surface area contributed by atoms with Crippen molar-refractivity contribution in [2.45, 2.75) is 6.42 Å². The average Bonchev–Trinajstić information content (AvgIpc) is 2.77. The van der Waals surface area contributed by atoms with Gasteiger partial charge in [0.05, 0.1) is 12.5 Å². The van der Waals surface area contributed by atoms with Gasteiger partial charge in [-0.15, -0.1) is 11.3 Å². The van der Waals surface area contributed by atoms with Crippen molar-refractivity contribution in [3.8, 4) is 5.75 Å². The average molecular weight is 262 g/mol. The van der Waals surface area contributed by atoms with Crippen LogP contribution in [0.15, 0.2) is 44.9 Å². The maximum atomic E-state index is 11.6. The molecule has 18 heavy (non-hydrogen) atoms. The molecule has 2 aromatic heterocycles. The molecule has 0 amide bonds. The van der Waals surface area contributed by atoms with E-state index in [1.54, 1.807) is 6.08 Å². The van der Waals surface area contributed by atoms with Gasteiger partial charge < -0.3 is 9.52 Å². The smallest absolute Gasteiger partial charge is 0.339 e. The van der Waals surface area contributed by atoms with Gasteiger partial charge in [0.1, 0.15) is 11.5 Å². The molecule has 2 heterocycles. The summed E-state index contributed by atoms with van der Waals surface area (Å²) in [5.41, 5.74) is -0.667. The van der Waals surface area contributed by atoms with Crippen LogP contribution in [-0.2, 0) is 11.2 Å². The van der Waals surface area contributed by atoms with Crippen molar-refractivity contribution in [1.29, 1.82) is 0 Å². The van der Waals surface area contributed by atoms with Crippen LogP contribution in [0.1, 0.15) is 10.6 Å². The summed E-state index contributed by atoms with van der Waals surface area (Å²) in [5, 5.41) is 11.1. The fourth-order valence-corrected chi connectivity index (χ4v) is 2.01. The third-order valence-electron chi connectivity index (χ3n) is 2.13. The summed E-state index contributed by atoms with van der Waals surface area (Å²) in [4.78, 5) is 23.6. The van der Waals surface area contributed by atoms with Crippen LogP contribution < -0.4 is 5.63 Å². The maximum absolute atomic E-state index is 11.6. The molecule has 0 fully saturated rings. The molecule has 0 spiro atoms. The molecular formula is C13H10O4S. The van der Waals surface area contributed by atoms with E-state index in [1.165, 1.54) is 23.5 Å². The van der Waals surface area contributed by atoms with Crippen molar-refractivity contribution in [3.05, 3.63) is 56.8 Å². The molecule has 0 saturated carbocycles. The van der Waals surface area contributed by atoms with Gasteiger partial charge in [-0.1, -0.05) is 6.07 Å². The summed E-state index contributed by atoms with van der Waals surface area (Å²) in [6.45, 7) is 0. The zero-order chi connectivity index (χ0) is 13.0. The number of hydrogen-bond donors (Lipinski definition) is 1. The summed E-state index contributed by atoms with van der Waals surface area (Å²) in [6.07, 6.45) is 3.08. The predicted molar refractivity (Wildman–Crippen MR) is 68.7 cm³/mol. The minimum atomic E-state index is -0.667. The zero-order valence-corrected chi connectivity index (χ0v) is 10.1. The third kappa shape index (κ3) is 3.43. The minimum absolute atomic E-state index is 0.0501. The standard InChI is InChI=1S/C13H10O4S/c14-9(3-4-12-2-1-5-18-12)6-11-7-10(15)8-13(16)17-11/h1-5,7-8,15H,6H2/b4-3+. The molecule has 92 valence electrons. The van der Waals surface area contributed by atoms with E-state index in [4.69, 9.17) is 4.42 Å². The zero-order valence-electron chi connectivity index (χ0n) is 9.33. The molecule has 1 N–H and O–H groups in total. The molecule has 0 aliphatic heterocycles. The Labute approximate surface area is 107 Å². The Morgan fingerprint density at radius 1 is 1.44 bits per heavy atom. The van der Waals surface area contributed by atoms with E-state index < -0.39 is 5.63 Å². The lowest BCUT2D eigenvalue weighted by molar-refractivity contribution is -0.114. The van der Waals surface area contributed by atoms with E-state index in [0.717, 1.165) is 10.9 Å². The number of carbonyl (C=O) groups excluding carboxylic acids is 1. The van der Waals surface area contributed by atoms with E-state index in [1.807, 2.05) is 17.5 Å². The monoisotopic (exact) mass is 262 g/mol. The summed E-state index contributed by atoms with van der Waals surface area (Å²) < 4.78 is 4.80. The fourth-order valence-electron chi connectivity index (χ4n) is 1.39. The van der Waals surface area contributed by atoms with Crippen molar-refractivity contribution in [3.63, 3.8) is 0 Å². The molecule has 5 heteroatoms. The van der Waals surface area contributed by atoms with Crippen LogP contribution in [0.2, 0.25) is 0 Å². The van der Waals surface area contributed by atoms with Crippen molar-refractivity contribution in [2.75, 3.05) is 0 Å². The molecule has 2 rings (SSSR count). The second-order valence-electron chi connectivity index (χ2n) is 3.59. The lowest BCUT2D eigenvalue weighted by atomic mass is 10.2. The van der Waals surface area contributed by atoms with Crippen LogP contribution in [0.3, 0.4) is 0 Å². The van der Waals surface area contributed by atoms with E-state index in [2.05, 4.69) is 0 Å². The van der Waals surface area contributed by atoms with E-state index in [9.17, 15) is 14.7 Å². The number of aromatic hydroxyl groups is 1. The van der Waals surface area contributed by atoms with Crippen LogP contribution >= 0.6 is 11.3 Å². The van der Waals surface area contributed by atoms with Gasteiger partial charge in [0.15, 0.2) is 5.78 Å². The minimum Gasteiger partial charge on any atom is -0.508 e. The number of ketones is 1. The van der Waals surface area contributed by atoms with Crippen LogP contribution in [0.5, 0.6) is 5.75 Å². The first-order valence-corrected chi connectivity index (χ1v) is 6.09. The largest absolute Gasteiger partial charge is 0.508 e. The Morgan fingerprint density at radius 2 is 2.28 bits per heavy atom. The van der Waals surface area contributed by atoms with Gasteiger partial charge in [0, 0.05) is 10.9 Å². The van der Waals surface area contributed by atoms with Crippen LogP contribution in [0.4, 0.5) is 0 Å². The van der Waals surface area contributed by atoms with Crippen molar-refractivity contribution in [1.82, 2.24) is 0 Å². The highest BCUT2D eigenvalue weighted by atomic mass is 32.1. The molecular weight excluding hydrogens is 252 g/mol. The second kappa shape index (κ2) is 5.46. The fraction of sp³-hybridized carbons (Fsp3) is 0.0769. The molecule has 0 saturated heterocycles. The number of carbonyl (C=O) groups is 1. The Hall–Kier alpha value is -2.14. The van der Waals surface area contributed by atoms with Gasteiger partial charge in [-0.25, -0.2) is 4.79 Å². The molecule has 4 nitrogen and oxygen atoms in total. The van der Waals surface area contributed by atoms with Crippen LogP contribution in [-0.4, -0.2) is 10.9 Å². The molecule has 0 bridgehead atoms. The number of rotatable bonds is 4. The first-order chi connectivity index (χ1) is 8.63. The van der Waals surface area contributed by atoms with Gasteiger partial charge in [0.2, 0.25) is 0 Å². The third-order valence-corrected chi connectivity index (χ3v) is 2.97. The highest BCUT2D eigenvalue weighted by Crippen LogP contribution is 2.12. The molecule has 0 atom stereocenters. The lowest BCUT2D eigenvalue weighted by Gasteiger charge is -1.96. The molecule has 0 aromatic carbocycles. The van der Waals surface area contributed by atoms with Gasteiger partial charge in [-0.05, 0) is 23.6 Å². The normalized spacial score (nSPS) is 10.9. The first-order valence-electron chi connectivity index (χ1n) is 5.21. The predicted octanol–water partition coefficient (Wildman–Crippen LogP) is 2.23. The quantitative estimate of drug-likeness (QED) is 0.858. The molecule has 2 aromatic rings. The summed E-state index contributed by atoms with van der Waals surface area (Å²) in [5.74, 6) is -0.241. The Balaban J connectivity index is 2.05. The van der Waals surface area contributed by atoms with E-state index in [-0.39, 0.29) is 23.7 Å². The number of thiophene rings is 1. The van der Waals surface area contributed by atoms with Gasteiger partial charge in [0.25, 0.3) is 0 Å². The molecule has 0 aliphatic carbocycles. The highest BCUT2D eigenvalue weighted by molar-refractivity contribution is 7.10. The van der Waals surface area contributed by atoms with Crippen LogP contribution in [0.25, 0.3) is 6.08 Å². The van der Waals surface area contributed by atoms with Gasteiger partial charge >= 0.3 is 5.63 Å². The lowest BCUT2D eigenvalue weighted by Crippen LogP contribution is -2.03. The molecule has 0 radical (unpaired) electrons. The summed E-state index contributed by atoms with van der Waals surface area (Å²) in [7, 11) is 0. The van der Waals surface area contributed by atoms with Crippen molar-refractivity contribution >= 4 is 23.2 Å². The SMILES string of the molecule is O=C(/C=C/c1cccs1)Cc1cc(O)cc(=O)o1.